The Morgan fingerprint density at radius 3 is 2.31 bits per heavy atom. The largest absolute Gasteiger partial charge is 0.493 e. The summed E-state index contributed by atoms with van der Waals surface area (Å²) in [5.74, 6) is -0.533. The average Bonchev–Trinajstić information content (AvgIpc) is 3.51. The van der Waals surface area contributed by atoms with Gasteiger partial charge in [0.1, 0.15) is 12.6 Å². The van der Waals surface area contributed by atoms with Gasteiger partial charge in [0.2, 0.25) is 12.5 Å². The molecule has 0 amide bonds. The zero-order valence-corrected chi connectivity index (χ0v) is 19.8. The lowest BCUT2D eigenvalue weighted by Crippen LogP contribution is -2.37. The predicted octanol–water partition coefficient (Wildman–Crippen LogP) is 3.27. The van der Waals surface area contributed by atoms with Crippen LogP contribution in [0.4, 0.5) is 0 Å². The van der Waals surface area contributed by atoms with Crippen LogP contribution in [0.25, 0.3) is 10.4 Å². The van der Waals surface area contributed by atoms with Gasteiger partial charge in [-0.05, 0) is 40.9 Å². The fourth-order valence-electron chi connectivity index (χ4n) is 5.21. The van der Waals surface area contributed by atoms with Gasteiger partial charge in [-0.3, -0.25) is 9.59 Å². The summed E-state index contributed by atoms with van der Waals surface area (Å²) in [5, 5.41) is 3.29. The highest BCUT2D eigenvalue weighted by Gasteiger charge is 2.54. The fourth-order valence-corrected chi connectivity index (χ4v) is 5.21. The highest BCUT2D eigenvalue weighted by molar-refractivity contribution is 5.79. The van der Waals surface area contributed by atoms with E-state index in [1.165, 1.54) is 21.3 Å². The molecule has 0 saturated carbocycles. The number of fused-ring (bicyclic) bond motifs is 3. The highest BCUT2D eigenvalue weighted by atomic mass is 16.7. The van der Waals surface area contributed by atoms with Gasteiger partial charge in [-0.15, -0.1) is 0 Å². The Kier molecular flexibility index (Phi) is 6.11. The zero-order chi connectivity index (χ0) is 25.4. The van der Waals surface area contributed by atoms with Gasteiger partial charge in [0, 0.05) is 22.3 Å². The fraction of sp³-hybridized carbons (Fsp3) is 0.417. The molecular weight excluding hydrogens is 474 g/mol. The van der Waals surface area contributed by atoms with Crippen LogP contribution < -0.4 is 23.7 Å². The van der Waals surface area contributed by atoms with Crippen LogP contribution in [0, 0.1) is 11.8 Å². The van der Waals surface area contributed by atoms with E-state index in [1.807, 2.05) is 0 Å². The lowest BCUT2D eigenvalue weighted by molar-refractivity contribution is -0.152. The molecule has 5 rings (SSSR count). The van der Waals surface area contributed by atoms with Crippen LogP contribution in [0.15, 0.2) is 29.4 Å². The number of methoxy groups -OCH3 is 3. The van der Waals surface area contributed by atoms with Crippen LogP contribution in [0.3, 0.4) is 0 Å². The van der Waals surface area contributed by atoms with Crippen LogP contribution in [0.2, 0.25) is 0 Å². The van der Waals surface area contributed by atoms with E-state index in [0.717, 1.165) is 5.56 Å². The molecule has 0 radical (unpaired) electrons. The average molecular weight is 497 g/mol. The van der Waals surface area contributed by atoms with E-state index in [-0.39, 0.29) is 13.4 Å². The number of cyclic esters (lactones) is 1. The van der Waals surface area contributed by atoms with Gasteiger partial charge in [-0.2, -0.15) is 0 Å². The molecule has 2 aliphatic heterocycles. The van der Waals surface area contributed by atoms with E-state index < -0.39 is 42.3 Å². The monoisotopic (exact) mass is 497 g/mol. The number of ether oxygens (including phenoxy) is 7. The molecule has 12 nitrogen and oxygen atoms in total. The molecule has 0 bridgehead atoms. The highest BCUT2D eigenvalue weighted by Crippen LogP contribution is 2.56. The third kappa shape index (κ3) is 3.75. The van der Waals surface area contributed by atoms with Gasteiger partial charge < -0.3 is 33.2 Å². The summed E-state index contributed by atoms with van der Waals surface area (Å²) in [5.41, 5.74) is 10.6. The Morgan fingerprint density at radius 1 is 1.03 bits per heavy atom. The topological polar surface area (TPSA) is 148 Å². The number of benzene rings is 2. The van der Waals surface area contributed by atoms with Crippen molar-refractivity contribution in [1.82, 2.24) is 0 Å². The van der Waals surface area contributed by atoms with E-state index in [1.54, 1.807) is 24.3 Å². The number of carbonyl (C=O) groups excluding carboxylic acids is 2. The van der Waals surface area contributed by atoms with Gasteiger partial charge in [0.25, 0.3) is 0 Å². The number of hydrogen-bond donors (Lipinski definition) is 0. The molecule has 1 aliphatic carbocycles. The van der Waals surface area contributed by atoms with Crippen LogP contribution >= 0.6 is 0 Å². The minimum atomic E-state index is -0.828. The molecular formula is C24H23N3O9. The first kappa shape index (κ1) is 23.4. The minimum absolute atomic E-state index is 0.0450. The number of hydrogen-bond acceptors (Lipinski definition) is 10. The van der Waals surface area contributed by atoms with Gasteiger partial charge in [-0.1, -0.05) is 5.11 Å². The summed E-state index contributed by atoms with van der Waals surface area (Å²) in [7, 11) is 4.54. The van der Waals surface area contributed by atoms with Gasteiger partial charge in [0.15, 0.2) is 23.0 Å². The van der Waals surface area contributed by atoms with E-state index in [9.17, 15) is 9.59 Å². The number of esters is 2. The van der Waals surface area contributed by atoms with Crippen molar-refractivity contribution >= 4 is 11.9 Å². The summed E-state index contributed by atoms with van der Waals surface area (Å²) in [4.78, 5) is 28.2. The second-order valence-corrected chi connectivity index (χ2v) is 8.39. The molecule has 2 heterocycles. The second kappa shape index (κ2) is 9.38. The number of rotatable bonds is 7. The Labute approximate surface area is 205 Å². The van der Waals surface area contributed by atoms with Crippen molar-refractivity contribution < 1.29 is 42.7 Å². The number of carbonyl (C=O) groups is 2. The molecule has 12 heteroatoms. The number of azide groups is 1. The van der Waals surface area contributed by atoms with Gasteiger partial charge in [0.05, 0.1) is 33.9 Å². The molecule has 3 aliphatic rings. The van der Waals surface area contributed by atoms with Crippen LogP contribution in [-0.2, 0) is 19.1 Å². The van der Waals surface area contributed by atoms with E-state index >= 15 is 0 Å². The van der Waals surface area contributed by atoms with Crippen molar-refractivity contribution in [1.29, 1.82) is 0 Å². The maximum atomic E-state index is 13.1. The van der Waals surface area contributed by atoms with Crippen molar-refractivity contribution in [2.45, 2.75) is 12.0 Å². The van der Waals surface area contributed by atoms with Gasteiger partial charge in [-0.25, -0.2) is 0 Å². The Hall–Kier alpha value is -4.31. The normalized spacial score (nSPS) is 23.0. The maximum Gasteiger partial charge on any atom is 0.312 e. The van der Waals surface area contributed by atoms with Crippen molar-refractivity contribution in [3.8, 4) is 28.7 Å². The van der Waals surface area contributed by atoms with Crippen molar-refractivity contribution in [3.05, 3.63) is 51.4 Å². The standard InChI is InChI=1S/C24H23N3O9/c1-30-17-4-11(5-18(31-2)23(17)32-3)20-12-6-15-16(35-10-34-15)7-13(12)22(36-19(28)8-26-27-25)14-9-33-24(29)21(14)20/h4-7,14,20-22H,8-10H2,1-3H3/t14-,20+,21-,22-/m0/s1. The van der Waals surface area contributed by atoms with Crippen LogP contribution in [-0.4, -0.2) is 53.2 Å². The van der Waals surface area contributed by atoms with Crippen LogP contribution in [0.5, 0.6) is 28.7 Å². The maximum absolute atomic E-state index is 13.1. The quantitative estimate of drug-likeness (QED) is 0.243. The lowest BCUT2D eigenvalue weighted by Gasteiger charge is -2.38. The van der Waals surface area contributed by atoms with Crippen molar-refractivity contribution in [3.63, 3.8) is 0 Å². The molecule has 0 unspecified atom stereocenters. The lowest BCUT2D eigenvalue weighted by atomic mass is 9.66. The zero-order valence-electron chi connectivity index (χ0n) is 19.8. The first-order chi connectivity index (χ1) is 17.5. The summed E-state index contributed by atoms with van der Waals surface area (Å²) < 4.78 is 39.0. The van der Waals surface area contributed by atoms with Crippen LogP contribution in [0.1, 0.15) is 28.7 Å². The smallest absolute Gasteiger partial charge is 0.312 e. The van der Waals surface area contributed by atoms with Crippen molar-refractivity contribution in [2.75, 3.05) is 41.3 Å². The molecule has 2 aromatic carbocycles. The summed E-state index contributed by atoms with van der Waals surface area (Å²) in [6.07, 6.45) is -0.828. The second-order valence-electron chi connectivity index (χ2n) is 8.39. The molecule has 188 valence electrons. The third-order valence-electron chi connectivity index (χ3n) is 6.69. The molecule has 4 atom stereocenters. The molecule has 1 saturated heterocycles. The molecule has 36 heavy (non-hydrogen) atoms. The van der Waals surface area contributed by atoms with E-state index in [0.29, 0.717) is 39.9 Å². The Morgan fingerprint density at radius 2 is 1.69 bits per heavy atom. The summed E-state index contributed by atoms with van der Waals surface area (Å²) in [6.45, 7) is -0.379. The third-order valence-corrected chi connectivity index (χ3v) is 6.69. The SMILES string of the molecule is COc1cc([C@@H]2c3cc4c(cc3[C@H](OC(=O)CN=[N+]=[N-])[C@H]3COC(=O)[C@H]23)OCO4)cc(OC)c1OC. The van der Waals surface area contributed by atoms with Gasteiger partial charge >= 0.3 is 11.9 Å². The predicted molar refractivity (Wildman–Crippen MR) is 121 cm³/mol. The molecule has 0 spiro atoms. The summed E-state index contributed by atoms with van der Waals surface area (Å²) >= 11 is 0. The van der Waals surface area contributed by atoms with E-state index in [2.05, 4.69) is 10.0 Å². The molecule has 1 fully saturated rings. The molecule has 2 aromatic rings. The van der Waals surface area contributed by atoms with E-state index in [4.69, 9.17) is 38.7 Å². The Bertz CT molecular complexity index is 1250. The molecule has 0 aromatic heterocycles. The first-order valence-corrected chi connectivity index (χ1v) is 11.1. The minimum Gasteiger partial charge on any atom is -0.493 e. The molecule has 0 N–H and O–H groups in total. The first-order valence-electron chi connectivity index (χ1n) is 11.1. The summed E-state index contributed by atoms with van der Waals surface area (Å²) in [6, 6.07) is 7.13. The van der Waals surface area contributed by atoms with Crippen molar-refractivity contribution in [2.24, 2.45) is 17.0 Å². The number of nitrogens with zero attached hydrogens (tertiary/aromatic N) is 3. The Balaban J connectivity index is 1.70.